The minimum Gasteiger partial charge on any atom is -0.486 e. The zero-order valence-corrected chi connectivity index (χ0v) is 26.5. The van der Waals surface area contributed by atoms with Crippen molar-refractivity contribution in [2.75, 3.05) is 24.1 Å². The Morgan fingerprint density at radius 1 is 0.956 bits per heavy atom. The van der Waals surface area contributed by atoms with Crippen molar-refractivity contribution in [3.05, 3.63) is 83.7 Å². The molecule has 1 saturated carbocycles. The third-order valence-corrected chi connectivity index (χ3v) is 10.2. The Hall–Kier alpha value is -4.12. The van der Waals surface area contributed by atoms with Gasteiger partial charge in [-0.2, -0.15) is 0 Å². The topological polar surface area (TPSA) is 105 Å². The number of hydrogen-bond donors (Lipinski definition) is 1. The van der Waals surface area contributed by atoms with Crippen molar-refractivity contribution >= 4 is 27.5 Å². The Labute approximate surface area is 264 Å². The van der Waals surface area contributed by atoms with E-state index >= 15 is 0 Å². The number of benzene rings is 3. The molecule has 0 spiro atoms. The van der Waals surface area contributed by atoms with E-state index in [4.69, 9.17) is 9.47 Å². The number of ether oxygens (including phenoxy) is 2. The summed E-state index contributed by atoms with van der Waals surface area (Å²) in [6.07, 6.45) is 5.33. The van der Waals surface area contributed by atoms with Crippen LogP contribution in [0.5, 0.6) is 11.5 Å². The van der Waals surface area contributed by atoms with E-state index in [2.05, 4.69) is 5.32 Å². The second-order valence-electron chi connectivity index (χ2n) is 11.5. The van der Waals surface area contributed by atoms with Crippen molar-refractivity contribution in [1.82, 2.24) is 10.2 Å². The van der Waals surface area contributed by atoms with Gasteiger partial charge in [-0.15, -0.1) is 0 Å². The molecule has 1 aliphatic carbocycles. The van der Waals surface area contributed by atoms with Crippen LogP contribution in [0, 0.1) is 12.7 Å². The number of sulfonamides is 1. The number of anilines is 1. The van der Waals surface area contributed by atoms with Crippen molar-refractivity contribution in [3.63, 3.8) is 0 Å². The first-order chi connectivity index (χ1) is 21.7. The molecule has 240 valence electrons. The third kappa shape index (κ3) is 7.58. The van der Waals surface area contributed by atoms with Crippen molar-refractivity contribution in [3.8, 4) is 11.5 Å². The Morgan fingerprint density at radius 3 is 2.33 bits per heavy atom. The van der Waals surface area contributed by atoms with Crippen molar-refractivity contribution in [2.45, 2.75) is 75.9 Å². The van der Waals surface area contributed by atoms with Crippen LogP contribution in [0.3, 0.4) is 0 Å². The molecule has 1 heterocycles. The van der Waals surface area contributed by atoms with E-state index in [0.29, 0.717) is 18.8 Å². The molecular weight excluding hydrogens is 597 g/mol. The molecule has 0 radical (unpaired) electrons. The minimum atomic E-state index is -4.36. The second kappa shape index (κ2) is 14.3. The average Bonchev–Trinajstić information content (AvgIpc) is 3.05. The molecule has 1 unspecified atom stereocenters. The van der Waals surface area contributed by atoms with Crippen LogP contribution in [0.2, 0.25) is 0 Å². The van der Waals surface area contributed by atoms with Gasteiger partial charge in [0.15, 0.2) is 11.5 Å². The fourth-order valence-corrected chi connectivity index (χ4v) is 7.31. The van der Waals surface area contributed by atoms with Gasteiger partial charge in [-0.1, -0.05) is 50.5 Å². The first-order valence-electron chi connectivity index (χ1n) is 15.5. The largest absolute Gasteiger partial charge is 0.486 e. The predicted molar refractivity (Wildman–Crippen MR) is 169 cm³/mol. The zero-order valence-electron chi connectivity index (χ0n) is 25.7. The summed E-state index contributed by atoms with van der Waals surface area (Å²) >= 11 is 0. The molecule has 5 rings (SSSR count). The lowest BCUT2D eigenvalue weighted by molar-refractivity contribution is -0.140. The van der Waals surface area contributed by atoms with E-state index in [1.165, 1.54) is 35.2 Å². The molecule has 0 bridgehead atoms. The summed E-state index contributed by atoms with van der Waals surface area (Å²) in [4.78, 5) is 29.4. The van der Waals surface area contributed by atoms with Crippen LogP contribution in [0.25, 0.3) is 0 Å². The van der Waals surface area contributed by atoms with Gasteiger partial charge < -0.3 is 19.7 Å². The van der Waals surface area contributed by atoms with Crippen LogP contribution >= 0.6 is 0 Å². The number of nitrogens with zero attached hydrogens (tertiary/aromatic N) is 2. The van der Waals surface area contributed by atoms with Crippen LogP contribution in [0.15, 0.2) is 71.6 Å². The van der Waals surface area contributed by atoms with Crippen LogP contribution in [-0.4, -0.2) is 57.0 Å². The number of fused-ring (bicyclic) bond motifs is 1. The summed E-state index contributed by atoms with van der Waals surface area (Å²) < 4.78 is 54.5. The van der Waals surface area contributed by atoms with Gasteiger partial charge in [0.05, 0.1) is 10.6 Å². The lowest BCUT2D eigenvalue weighted by atomic mass is 9.95. The van der Waals surface area contributed by atoms with Gasteiger partial charge in [0.1, 0.15) is 31.6 Å². The van der Waals surface area contributed by atoms with Gasteiger partial charge in [-0.25, -0.2) is 12.8 Å². The standard InChI is InChI=1S/C34H40FN3O6S/c1-3-30(34(40)36-27-11-5-4-6-12-27)37(22-25-10-8-7-9-24(25)2)33(39)23-38(28-15-13-26(35)14-16-28)45(41,42)29-17-18-31-32(21-29)44-20-19-43-31/h7-10,13-18,21,27,30H,3-6,11-12,19-20,22-23H2,1-2H3,(H,36,40). The molecule has 9 nitrogen and oxygen atoms in total. The van der Waals surface area contributed by atoms with E-state index in [9.17, 15) is 22.4 Å². The lowest BCUT2D eigenvalue weighted by Crippen LogP contribution is -2.54. The number of halogens is 1. The van der Waals surface area contributed by atoms with E-state index < -0.39 is 34.3 Å². The van der Waals surface area contributed by atoms with E-state index in [0.717, 1.165) is 59.7 Å². The number of carbonyl (C=O) groups excluding carboxylic acids is 2. The Bertz CT molecular complexity index is 1610. The molecule has 3 aromatic rings. The third-order valence-electron chi connectivity index (χ3n) is 8.43. The highest BCUT2D eigenvalue weighted by atomic mass is 32.2. The fourth-order valence-electron chi connectivity index (χ4n) is 5.88. The van der Waals surface area contributed by atoms with Crippen LogP contribution < -0.4 is 19.1 Å². The number of amides is 2. The van der Waals surface area contributed by atoms with Crippen LogP contribution in [0.1, 0.15) is 56.6 Å². The monoisotopic (exact) mass is 637 g/mol. The maximum atomic E-state index is 14.3. The highest BCUT2D eigenvalue weighted by molar-refractivity contribution is 7.92. The molecule has 2 aliphatic rings. The molecule has 3 aromatic carbocycles. The van der Waals surface area contributed by atoms with Gasteiger partial charge >= 0.3 is 0 Å². The van der Waals surface area contributed by atoms with Crippen LogP contribution in [-0.2, 0) is 26.2 Å². The molecule has 45 heavy (non-hydrogen) atoms. The quantitative estimate of drug-likeness (QED) is 0.304. The molecule has 1 atom stereocenters. The molecule has 1 aliphatic heterocycles. The van der Waals surface area contributed by atoms with Gasteiger partial charge in [-0.05, 0) is 73.7 Å². The van der Waals surface area contributed by atoms with Gasteiger partial charge in [-0.3, -0.25) is 13.9 Å². The number of rotatable bonds is 11. The molecule has 0 saturated heterocycles. The van der Waals surface area contributed by atoms with E-state index in [1.807, 2.05) is 38.1 Å². The molecule has 1 N–H and O–H groups in total. The predicted octanol–water partition coefficient (Wildman–Crippen LogP) is 5.36. The maximum absolute atomic E-state index is 14.3. The number of aryl methyl sites for hydroxylation is 1. The van der Waals surface area contributed by atoms with Gasteiger partial charge in [0.2, 0.25) is 11.8 Å². The average molecular weight is 638 g/mol. The fraction of sp³-hybridized carbons (Fsp3) is 0.412. The Balaban J connectivity index is 1.50. The van der Waals surface area contributed by atoms with Gasteiger partial charge in [0, 0.05) is 18.7 Å². The zero-order chi connectivity index (χ0) is 32.0. The molecule has 2 amide bonds. The summed E-state index contributed by atoms with van der Waals surface area (Å²) in [6.45, 7) is 3.89. The maximum Gasteiger partial charge on any atom is 0.264 e. The summed E-state index contributed by atoms with van der Waals surface area (Å²) in [5.74, 6) is -0.667. The summed E-state index contributed by atoms with van der Waals surface area (Å²) in [6, 6.07) is 16.0. The van der Waals surface area contributed by atoms with E-state index in [-0.39, 0.29) is 41.4 Å². The summed E-state index contributed by atoms with van der Waals surface area (Å²) in [7, 11) is -4.36. The number of hydrogen-bond acceptors (Lipinski definition) is 6. The first-order valence-corrected chi connectivity index (χ1v) is 16.9. The number of nitrogens with one attached hydrogen (secondary N) is 1. The molecular formula is C34H40FN3O6S. The first kappa shape index (κ1) is 32.3. The Morgan fingerprint density at radius 2 is 1.64 bits per heavy atom. The van der Waals surface area contributed by atoms with E-state index in [1.54, 1.807) is 0 Å². The minimum absolute atomic E-state index is 0.0435. The SMILES string of the molecule is CCC(C(=O)NC1CCCCC1)N(Cc1ccccc1C)C(=O)CN(c1ccc(F)cc1)S(=O)(=O)c1ccc2c(c1)OCCO2. The highest BCUT2D eigenvalue weighted by Gasteiger charge is 2.35. The summed E-state index contributed by atoms with van der Waals surface area (Å²) in [5, 5.41) is 3.15. The molecule has 11 heteroatoms. The highest BCUT2D eigenvalue weighted by Crippen LogP contribution is 2.34. The molecule has 1 fully saturated rings. The van der Waals surface area contributed by atoms with Crippen LogP contribution in [0.4, 0.5) is 10.1 Å². The second-order valence-corrected chi connectivity index (χ2v) is 13.4. The Kier molecular flexibility index (Phi) is 10.3. The lowest BCUT2D eigenvalue weighted by Gasteiger charge is -2.34. The normalized spacial score (nSPS) is 15.6. The van der Waals surface area contributed by atoms with Crippen molar-refractivity contribution < 1.29 is 31.9 Å². The summed E-state index contributed by atoms with van der Waals surface area (Å²) in [5.41, 5.74) is 1.89. The van der Waals surface area contributed by atoms with Crippen molar-refractivity contribution in [2.24, 2.45) is 0 Å². The van der Waals surface area contributed by atoms with Crippen molar-refractivity contribution in [1.29, 1.82) is 0 Å². The van der Waals surface area contributed by atoms with Gasteiger partial charge in [0.25, 0.3) is 10.0 Å². The molecule has 0 aromatic heterocycles. The smallest absolute Gasteiger partial charge is 0.264 e. The number of carbonyl (C=O) groups is 2.